The molecule has 0 aliphatic carbocycles. The van der Waals surface area contributed by atoms with Crippen LogP contribution in [0.5, 0.6) is 5.75 Å². The van der Waals surface area contributed by atoms with Gasteiger partial charge < -0.3 is 9.47 Å². The van der Waals surface area contributed by atoms with Gasteiger partial charge in [-0.15, -0.1) is 0 Å². The highest BCUT2D eigenvalue weighted by molar-refractivity contribution is 5.84. The van der Waals surface area contributed by atoms with Crippen molar-refractivity contribution >= 4 is 10.9 Å². The first kappa shape index (κ1) is 14.7. The van der Waals surface area contributed by atoms with Crippen molar-refractivity contribution in [1.82, 2.24) is 9.88 Å². The molecule has 4 nitrogen and oxygen atoms in total. The lowest BCUT2D eigenvalue weighted by Gasteiger charge is -2.44. The second-order valence-corrected chi connectivity index (χ2v) is 7.72. The maximum Gasteiger partial charge on any atom is 0.119 e. The van der Waals surface area contributed by atoms with Crippen molar-refractivity contribution in [3.05, 3.63) is 36.0 Å². The summed E-state index contributed by atoms with van der Waals surface area (Å²) in [4.78, 5) is 7.21. The number of ether oxygens (including phenoxy) is 2. The summed E-state index contributed by atoms with van der Waals surface area (Å²) in [5, 5.41) is 1.17. The lowest BCUT2D eigenvalue weighted by atomic mass is 9.77. The van der Waals surface area contributed by atoms with E-state index in [1.165, 1.54) is 36.8 Å². The monoisotopic (exact) mass is 324 g/mol. The van der Waals surface area contributed by atoms with E-state index in [0.717, 1.165) is 17.8 Å². The molecule has 0 radical (unpaired) electrons. The van der Waals surface area contributed by atoms with Crippen molar-refractivity contribution in [2.75, 3.05) is 20.2 Å². The molecule has 4 heteroatoms. The Hall–Kier alpha value is -1.65. The van der Waals surface area contributed by atoms with Gasteiger partial charge in [0.05, 0.1) is 24.8 Å². The zero-order valence-electron chi connectivity index (χ0n) is 14.4. The molecule has 126 valence electrons. The van der Waals surface area contributed by atoms with Crippen LogP contribution in [0.3, 0.4) is 0 Å². The summed E-state index contributed by atoms with van der Waals surface area (Å²) in [5.41, 5.74) is 2.76. The first-order valence-corrected chi connectivity index (χ1v) is 9.03. The van der Waals surface area contributed by atoms with Gasteiger partial charge in [-0.3, -0.25) is 9.88 Å². The molecular weight excluding hydrogens is 300 g/mol. The van der Waals surface area contributed by atoms with Crippen LogP contribution in [-0.2, 0) is 4.74 Å². The number of pyridine rings is 1. The molecule has 0 amide bonds. The van der Waals surface area contributed by atoms with Gasteiger partial charge in [-0.05, 0) is 54.5 Å². The Bertz CT molecular complexity index is 792. The molecule has 4 heterocycles. The first-order valence-electron chi connectivity index (χ1n) is 9.03. The molecule has 24 heavy (non-hydrogen) atoms. The molecule has 5 rings (SSSR count). The number of morpholine rings is 1. The Labute approximate surface area is 142 Å². The Kier molecular flexibility index (Phi) is 3.16. The number of piperidine rings is 1. The number of rotatable bonds is 3. The SMILES string of the molecule is CC[C@@]12C[C@H]3CN(C1)[C@@H](C2)[C@@H](c1ccnc2ccc(OC)cc12)O3. The third-order valence-electron chi connectivity index (χ3n) is 6.48. The van der Waals surface area contributed by atoms with E-state index in [1.54, 1.807) is 7.11 Å². The van der Waals surface area contributed by atoms with Crippen LogP contribution in [0.25, 0.3) is 10.9 Å². The number of benzene rings is 1. The smallest absolute Gasteiger partial charge is 0.119 e. The Morgan fingerprint density at radius 3 is 3.08 bits per heavy atom. The van der Waals surface area contributed by atoms with Gasteiger partial charge in [0.1, 0.15) is 5.75 Å². The number of hydrogen-bond acceptors (Lipinski definition) is 4. The minimum Gasteiger partial charge on any atom is -0.497 e. The Morgan fingerprint density at radius 2 is 2.25 bits per heavy atom. The molecule has 0 saturated carbocycles. The molecule has 3 bridgehead atoms. The van der Waals surface area contributed by atoms with Crippen molar-refractivity contribution in [1.29, 1.82) is 0 Å². The van der Waals surface area contributed by atoms with Gasteiger partial charge in [0, 0.05) is 30.7 Å². The first-order chi connectivity index (χ1) is 11.7. The molecule has 2 aromatic rings. The summed E-state index contributed by atoms with van der Waals surface area (Å²) in [5.74, 6) is 0.880. The molecule has 3 aliphatic rings. The molecule has 5 atom stereocenters. The lowest BCUT2D eigenvalue weighted by Crippen LogP contribution is -2.51. The van der Waals surface area contributed by atoms with Crippen LogP contribution in [0.4, 0.5) is 0 Å². The van der Waals surface area contributed by atoms with Crippen molar-refractivity contribution in [3.63, 3.8) is 0 Å². The molecule has 1 aromatic heterocycles. The quantitative estimate of drug-likeness (QED) is 0.865. The number of nitrogens with zero attached hydrogens (tertiary/aromatic N) is 2. The average Bonchev–Trinajstić information content (AvgIpc) is 2.82. The number of methoxy groups -OCH3 is 1. The third kappa shape index (κ3) is 2.02. The zero-order valence-corrected chi connectivity index (χ0v) is 14.4. The largest absolute Gasteiger partial charge is 0.497 e. The molecule has 3 aliphatic heterocycles. The third-order valence-corrected chi connectivity index (χ3v) is 6.48. The summed E-state index contributed by atoms with van der Waals surface area (Å²) >= 11 is 0. The van der Waals surface area contributed by atoms with Crippen LogP contribution in [0.15, 0.2) is 30.5 Å². The summed E-state index contributed by atoms with van der Waals surface area (Å²) in [6.07, 6.45) is 6.19. The maximum atomic E-state index is 6.60. The highest BCUT2D eigenvalue weighted by Gasteiger charge is 2.55. The minimum atomic E-state index is 0.150. The van der Waals surface area contributed by atoms with E-state index in [4.69, 9.17) is 9.47 Å². The lowest BCUT2D eigenvalue weighted by molar-refractivity contribution is -0.125. The van der Waals surface area contributed by atoms with Crippen LogP contribution < -0.4 is 4.74 Å². The van der Waals surface area contributed by atoms with Gasteiger partial charge in [-0.2, -0.15) is 0 Å². The van der Waals surface area contributed by atoms with Crippen LogP contribution in [-0.4, -0.2) is 42.2 Å². The molecule has 3 fully saturated rings. The summed E-state index contributed by atoms with van der Waals surface area (Å²) in [6.45, 7) is 4.70. The Morgan fingerprint density at radius 1 is 1.33 bits per heavy atom. The van der Waals surface area contributed by atoms with E-state index in [2.05, 4.69) is 28.9 Å². The standard InChI is InChI=1S/C20H24N2O2/c1-3-20-9-14-11-22(12-20)18(10-20)19(24-14)15-6-7-21-17-5-4-13(23-2)8-16(15)17/h4-8,14,18-19H,3,9-12H2,1-2H3/t14-,18-,19+,20-/m0/s1. The topological polar surface area (TPSA) is 34.6 Å². The van der Waals surface area contributed by atoms with Gasteiger partial charge in [0.2, 0.25) is 0 Å². The van der Waals surface area contributed by atoms with E-state index in [0.29, 0.717) is 17.6 Å². The van der Waals surface area contributed by atoms with Gasteiger partial charge >= 0.3 is 0 Å². The fourth-order valence-corrected chi connectivity index (χ4v) is 5.23. The van der Waals surface area contributed by atoms with E-state index in [-0.39, 0.29) is 6.10 Å². The fourth-order valence-electron chi connectivity index (χ4n) is 5.23. The molecule has 0 N–H and O–H groups in total. The van der Waals surface area contributed by atoms with Crippen molar-refractivity contribution in [3.8, 4) is 5.75 Å². The van der Waals surface area contributed by atoms with E-state index in [1.807, 2.05) is 18.3 Å². The normalized spacial score (nSPS) is 37.1. The van der Waals surface area contributed by atoms with Gasteiger partial charge in [-0.25, -0.2) is 0 Å². The number of fused-ring (bicyclic) bond motifs is 3. The molecule has 1 aromatic carbocycles. The Balaban J connectivity index is 1.61. The van der Waals surface area contributed by atoms with Gasteiger partial charge in [-0.1, -0.05) is 6.92 Å². The minimum absolute atomic E-state index is 0.150. The van der Waals surface area contributed by atoms with Crippen molar-refractivity contribution in [2.45, 2.75) is 44.4 Å². The van der Waals surface area contributed by atoms with Crippen LogP contribution in [0, 0.1) is 5.41 Å². The summed E-state index contributed by atoms with van der Waals surface area (Å²) in [7, 11) is 1.72. The molecule has 1 unspecified atom stereocenters. The number of aromatic nitrogens is 1. The summed E-state index contributed by atoms with van der Waals surface area (Å²) in [6, 6.07) is 8.77. The molecular formula is C20H24N2O2. The average molecular weight is 324 g/mol. The van der Waals surface area contributed by atoms with Gasteiger partial charge in [0.25, 0.3) is 0 Å². The zero-order chi connectivity index (χ0) is 16.3. The number of hydrogen-bond donors (Lipinski definition) is 0. The van der Waals surface area contributed by atoms with Crippen molar-refractivity contribution < 1.29 is 9.47 Å². The molecule has 0 spiro atoms. The second-order valence-electron chi connectivity index (χ2n) is 7.72. The van der Waals surface area contributed by atoms with Crippen LogP contribution >= 0.6 is 0 Å². The van der Waals surface area contributed by atoms with Gasteiger partial charge in [0.15, 0.2) is 0 Å². The maximum absolute atomic E-state index is 6.60. The van der Waals surface area contributed by atoms with Crippen molar-refractivity contribution in [2.24, 2.45) is 5.41 Å². The van der Waals surface area contributed by atoms with E-state index < -0.39 is 0 Å². The van der Waals surface area contributed by atoms with E-state index in [9.17, 15) is 0 Å². The van der Waals surface area contributed by atoms with Crippen LogP contribution in [0.1, 0.15) is 37.9 Å². The fraction of sp³-hybridized carbons (Fsp3) is 0.550. The second kappa shape index (κ2) is 5.17. The predicted molar refractivity (Wildman–Crippen MR) is 93.2 cm³/mol. The molecule has 3 saturated heterocycles. The highest BCUT2D eigenvalue weighted by atomic mass is 16.5. The van der Waals surface area contributed by atoms with E-state index >= 15 is 0 Å². The van der Waals surface area contributed by atoms with Crippen LogP contribution in [0.2, 0.25) is 0 Å². The predicted octanol–water partition coefficient (Wildman–Crippen LogP) is 3.56. The highest BCUT2D eigenvalue weighted by Crippen LogP contribution is 2.54. The summed E-state index contributed by atoms with van der Waals surface area (Å²) < 4.78 is 12.0.